The predicted molar refractivity (Wildman–Crippen MR) is 114 cm³/mol. The maximum atomic E-state index is 13.0. The summed E-state index contributed by atoms with van der Waals surface area (Å²) in [6.45, 7) is 8.14. The van der Waals surface area contributed by atoms with Gasteiger partial charge in [-0.25, -0.2) is 0 Å². The number of amides is 2. The van der Waals surface area contributed by atoms with E-state index in [1.54, 1.807) is 11.8 Å². The lowest BCUT2D eigenvalue weighted by molar-refractivity contribution is -0.385. The van der Waals surface area contributed by atoms with Crippen molar-refractivity contribution >= 4 is 17.5 Å². The van der Waals surface area contributed by atoms with Gasteiger partial charge < -0.3 is 15.1 Å². The van der Waals surface area contributed by atoms with Gasteiger partial charge in [-0.1, -0.05) is 13.3 Å². The van der Waals surface area contributed by atoms with E-state index >= 15 is 0 Å². The first-order valence-electron chi connectivity index (χ1n) is 10.9. The summed E-state index contributed by atoms with van der Waals surface area (Å²) < 4.78 is 0. The number of nitrogens with one attached hydrogen (secondary N) is 1. The monoisotopic (exact) mass is 416 g/mol. The summed E-state index contributed by atoms with van der Waals surface area (Å²) in [7, 11) is 0. The Kier molecular flexibility index (Phi) is 7.42. The number of likely N-dealkylation sites (tertiary alicyclic amines) is 2. The van der Waals surface area contributed by atoms with E-state index in [1.807, 2.05) is 0 Å². The molecule has 2 fully saturated rings. The van der Waals surface area contributed by atoms with Crippen molar-refractivity contribution < 1.29 is 14.5 Å². The summed E-state index contributed by atoms with van der Waals surface area (Å²) >= 11 is 0. The van der Waals surface area contributed by atoms with E-state index in [1.165, 1.54) is 37.5 Å². The highest BCUT2D eigenvalue weighted by Crippen LogP contribution is 2.24. The molecule has 2 saturated heterocycles. The maximum Gasteiger partial charge on any atom is 0.272 e. The number of nitro groups is 1. The van der Waals surface area contributed by atoms with Crippen molar-refractivity contribution in [3.8, 4) is 0 Å². The van der Waals surface area contributed by atoms with Crippen LogP contribution in [0.4, 0.5) is 5.69 Å². The zero-order chi connectivity index (χ0) is 21.7. The number of carbonyl (C=O) groups excluding carboxylic acids is 2. The molecule has 3 rings (SSSR count). The predicted octanol–water partition coefficient (Wildman–Crippen LogP) is 2.75. The molecule has 164 valence electrons. The van der Waals surface area contributed by atoms with Crippen LogP contribution in [0.15, 0.2) is 18.2 Å². The lowest BCUT2D eigenvalue weighted by Crippen LogP contribution is -2.47. The molecule has 0 aliphatic carbocycles. The Morgan fingerprint density at radius 2 is 1.93 bits per heavy atom. The number of hydrogen-bond donors (Lipinski definition) is 1. The normalized spacial score (nSPS) is 20.7. The molecule has 2 aliphatic rings. The number of carbonyl (C=O) groups is 2. The fourth-order valence-corrected chi connectivity index (χ4v) is 4.48. The van der Waals surface area contributed by atoms with Crippen molar-refractivity contribution in [2.75, 3.05) is 32.7 Å². The molecule has 2 atom stereocenters. The highest BCUT2D eigenvalue weighted by Gasteiger charge is 2.35. The second kappa shape index (κ2) is 10.0. The SMILES string of the molecule is Cc1cc(C(=O)N2CCCC2C(=O)NCC(C)CN2CCCCC2)ccc1[N+](=O)[O-]. The van der Waals surface area contributed by atoms with Crippen LogP contribution in [-0.4, -0.2) is 65.3 Å². The number of nitro benzene ring substituents is 1. The lowest BCUT2D eigenvalue weighted by Gasteiger charge is -2.29. The molecular formula is C22H32N4O4. The van der Waals surface area contributed by atoms with Gasteiger partial charge in [0.05, 0.1) is 4.92 Å². The summed E-state index contributed by atoms with van der Waals surface area (Å²) in [5.41, 5.74) is 0.818. The fourth-order valence-electron chi connectivity index (χ4n) is 4.48. The van der Waals surface area contributed by atoms with Gasteiger partial charge >= 0.3 is 0 Å². The topological polar surface area (TPSA) is 95.8 Å². The van der Waals surface area contributed by atoms with Crippen molar-refractivity contribution in [1.82, 2.24) is 15.1 Å². The van der Waals surface area contributed by atoms with E-state index in [2.05, 4.69) is 17.1 Å². The summed E-state index contributed by atoms with van der Waals surface area (Å²) in [6, 6.07) is 3.89. The van der Waals surface area contributed by atoms with Crippen LogP contribution in [0, 0.1) is 23.0 Å². The molecule has 2 heterocycles. The smallest absolute Gasteiger partial charge is 0.272 e. The van der Waals surface area contributed by atoms with E-state index < -0.39 is 11.0 Å². The molecule has 8 heteroatoms. The second-order valence-corrected chi connectivity index (χ2v) is 8.63. The number of aryl methyl sites for hydroxylation is 1. The van der Waals surface area contributed by atoms with Crippen LogP contribution in [-0.2, 0) is 4.79 Å². The minimum Gasteiger partial charge on any atom is -0.354 e. The molecule has 1 N–H and O–H groups in total. The van der Waals surface area contributed by atoms with Gasteiger partial charge in [-0.15, -0.1) is 0 Å². The van der Waals surface area contributed by atoms with Gasteiger partial charge in [0, 0.05) is 36.8 Å². The highest BCUT2D eigenvalue weighted by molar-refractivity contribution is 5.98. The summed E-state index contributed by atoms with van der Waals surface area (Å²) in [6.07, 6.45) is 5.23. The first-order chi connectivity index (χ1) is 14.4. The largest absolute Gasteiger partial charge is 0.354 e. The van der Waals surface area contributed by atoms with Gasteiger partial charge in [-0.3, -0.25) is 19.7 Å². The molecule has 1 aromatic carbocycles. The Labute approximate surface area is 177 Å². The van der Waals surface area contributed by atoms with Crippen LogP contribution in [0.2, 0.25) is 0 Å². The van der Waals surface area contributed by atoms with Crippen molar-refractivity contribution in [2.45, 2.75) is 52.0 Å². The minimum atomic E-state index is -0.477. The van der Waals surface area contributed by atoms with E-state index in [0.717, 1.165) is 26.1 Å². The number of benzene rings is 1. The third-order valence-corrected chi connectivity index (χ3v) is 6.10. The Balaban J connectivity index is 1.56. The number of hydrogen-bond acceptors (Lipinski definition) is 5. The quantitative estimate of drug-likeness (QED) is 0.545. The molecule has 0 aromatic heterocycles. The van der Waals surface area contributed by atoms with Crippen LogP contribution < -0.4 is 5.32 Å². The second-order valence-electron chi connectivity index (χ2n) is 8.63. The summed E-state index contributed by atoms with van der Waals surface area (Å²) in [4.78, 5) is 40.4. The van der Waals surface area contributed by atoms with Crippen LogP contribution in [0.1, 0.15) is 54.9 Å². The molecular weight excluding hydrogens is 384 g/mol. The van der Waals surface area contributed by atoms with Gasteiger partial charge in [-0.2, -0.15) is 0 Å². The fraction of sp³-hybridized carbons (Fsp3) is 0.636. The molecule has 1 aromatic rings. The molecule has 2 amide bonds. The number of nitrogens with zero attached hydrogens (tertiary/aromatic N) is 3. The van der Waals surface area contributed by atoms with Crippen molar-refractivity contribution in [1.29, 1.82) is 0 Å². The van der Waals surface area contributed by atoms with Gasteiger partial charge in [-0.05, 0) is 63.7 Å². The molecule has 30 heavy (non-hydrogen) atoms. The Morgan fingerprint density at radius 1 is 1.20 bits per heavy atom. The van der Waals surface area contributed by atoms with Crippen molar-refractivity contribution in [2.24, 2.45) is 5.92 Å². The van der Waals surface area contributed by atoms with Crippen LogP contribution in [0.25, 0.3) is 0 Å². The van der Waals surface area contributed by atoms with E-state index in [0.29, 0.717) is 36.6 Å². The summed E-state index contributed by atoms with van der Waals surface area (Å²) in [5, 5.41) is 14.0. The first kappa shape index (κ1) is 22.2. The maximum absolute atomic E-state index is 13.0. The van der Waals surface area contributed by atoms with E-state index in [9.17, 15) is 19.7 Å². The highest BCUT2D eigenvalue weighted by atomic mass is 16.6. The molecule has 0 bridgehead atoms. The first-order valence-corrected chi connectivity index (χ1v) is 10.9. The average molecular weight is 417 g/mol. The zero-order valence-electron chi connectivity index (χ0n) is 17.9. The minimum absolute atomic E-state index is 0.00930. The molecule has 0 spiro atoms. The molecule has 0 radical (unpaired) electrons. The molecule has 0 saturated carbocycles. The van der Waals surface area contributed by atoms with E-state index in [-0.39, 0.29) is 17.5 Å². The molecule has 2 aliphatic heterocycles. The van der Waals surface area contributed by atoms with Gasteiger partial charge in [0.1, 0.15) is 6.04 Å². The third-order valence-electron chi connectivity index (χ3n) is 6.10. The van der Waals surface area contributed by atoms with Gasteiger partial charge in [0.2, 0.25) is 5.91 Å². The van der Waals surface area contributed by atoms with Crippen molar-refractivity contribution in [3.63, 3.8) is 0 Å². The molecule has 2 unspecified atom stereocenters. The van der Waals surface area contributed by atoms with Crippen LogP contribution >= 0.6 is 0 Å². The summed E-state index contributed by atoms with van der Waals surface area (Å²) in [5.74, 6) is 0.00641. The average Bonchev–Trinajstić information content (AvgIpc) is 3.22. The standard InChI is InChI=1S/C22H32N4O4/c1-16(15-24-10-4-3-5-11-24)14-23-21(27)20-7-6-12-25(20)22(28)18-8-9-19(26(29)30)17(2)13-18/h8-9,13,16,20H,3-7,10-12,14-15H2,1-2H3,(H,23,27). The Hall–Kier alpha value is -2.48. The number of rotatable bonds is 7. The third kappa shape index (κ3) is 5.36. The Morgan fingerprint density at radius 3 is 2.60 bits per heavy atom. The van der Waals surface area contributed by atoms with Crippen molar-refractivity contribution in [3.05, 3.63) is 39.4 Å². The number of piperidine rings is 1. The van der Waals surface area contributed by atoms with Crippen LogP contribution in [0.3, 0.4) is 0 Å². The Bertz CT molecular complexity index is 791. The van der Waals surface area contributed by atoms with Crippen LogP contribution in [0.5, 0.6) is 0 Å². The zero-order valence-corrected chi connectivity index (χ0v) is 17.9. The van der Waals surface area contributed by atoms with E-state index in [4.69, 9.17) is 0 Å². The lowest BCUT2D eigenvalue weighted by atomic mass is 10.1. The van der Waals surface area contributed by atoms with Gasteiger partial charge in [0.25, 0.3) is 11.6 Å². The molecule has 8 nitrogen and oxygen atoms in total. The van der Waals surface area contributed by atoms with Gasteiger partial charge in [0.15, 0.2) is 0 Å².